The molecule has 128 valence electrons. The molecule has 2 aromatic carbocycles. The number of benzene rings is 2. The Morgan fingerprint density at radius 1 is 0.960 bits per heavy atom. The van der Waals surface area contributed by atoms with Crippen LogP contribution in [0.2, 0.25) is 0 Å². The molecule has 1 spiro atoms. The lowest BCUT2D eigenvalue weighted by Crippen LogP contribution is -2.36. The molecule has 0 bridgehead atoms. The van der Waals surface area contributed by atoms with Crippen LogP contribution in [0.1, 0.15) is 54.7 Å². The molecule has 0 heterocycles. The molecule has 0 radical (unpaired) electrons. The van der Waals surface area contributed by atoms with Crippen molar-refractivity contribution in [3.05, 3.63) is 71.3 Å². The molecule has 1 unspecified atom stereocenters. The number of methoxy groups -OCH3 is 1. The third-order valence-electron chi connectivity index (χ3n) is 7.02. The summed E-state index contributed by atoms with van der Waals surface area (Å²) in [5.41, 5.74) is 6.68. The average Bonchev–Trinajstić information content (AvgIpc) is 3.30. The Hall–Kier alpha value is -2.02. The van der Waals surface area contributed by atoms with Gasteiger partial charge in [0.1, 0.15) is 5.75 Å². The standard InChI is InChI=1S/C24H26O/c1-25-20-10-8-17(9-11-20)19-14-22-21-7-3-2-6-18(21)16-24(23(22)15-19)12-4-5-13-24/h2-3,6-11,15,22-23H,4-5,12-14,16H2,1H3/t22-,23?/m0/s1. The number of hydrogen-bond acceptors (Lipinski definition) is 1. The normalized spacial score (nSPS) is 26.2. The van der Waals surface area contributed by atoms with E-state index in [4.69, 9.17) is 4.74 Å². The average molecular weight is 330 g/mol. The van der Waals surface area contributed by atoms with Crippen LogP contribution in [0.15, 0.2) is 54.6 Å². The molecule has 1 saturated carbocycles. The van der Waals surface area contributed by atoms with Crippen molar-refractivity contribution in [3.8, 4) is 5.75 Å². The molecule has 0 aliphatic heterocycles. The van der Waals surface area contributed by atoms with Crippen LogP contribution in [-0.2, 0) is 6.42 Å². The van der Waals surface area contributed by atoms with Crippen LogP contribution >= 0.6 is 0 Å². The second-order valence-corrected chi connectivity index (χ2v) is 8.20. The minimum atomic E-state index is 0.521. The Morgan fingerprint density at radius 2 is 1.72 bits per heavy atom. The van der Waals surface area contributed by atoms with Crippen LogP contribution in [-0.4, -0.2) is 7.11 Å². The summed E-state index contributed by atoms with van der Waals surface area (Å²) in [5, 5.41) is 0. The van der Waals surface area contributed by atoms with E-state index in [1.807, 2.05) is 0 Å². The zero-order chi connectivity index (χ0) is 16.9. The number of fused-ring (bicyclic) bond motifs is 4. The number of allylic oxidation sites excluding steroid dienone is 2. The van der Waals surface area contributed by atoms with Crippen LogP contribution in [0, 0.1) is 11.3 Å². The minimum absolute atomic E-state index is 0.521. The van der Waals surface area contributed by atoms with Gasteiger partial charge in [0, 0.05) is 0 Å². The van der Waals surface area contributed by atoms with Crippen molar-refractivity contribution < 1.29 is 4.74 Å². The van der Waals surface area contributed by atoms with Crippen LogP contribution < -0.4 is 4.74 Å². The summed E-state index contributed by atoms with van der Waals surface area (Å²) in [7, 11) is 1.74. The van der Waals surface area contributed by atoms with Gasteiger partial charge in [-0.25, -0.2) is 0 Å². The SMILES string of the molecule is COc1ccc(C2=CC3[C@@H](C2)c2ccccc2CC32CCCC2)cc1. The number of ether oxygens (including phenoxy) is 1. The zero-order valence-corrected chi connectivity index (χ0v) is 15.0. The van der Waals surface area contributed by atoms with Gasteiger partial charge in [-0.3, -0.25) is 0 Å². The lowest BCUT2D eigenvalue weighted by atomic mass is 9.60. The molecule has 2 aromatic rings. The fraction of sp³-hybridized carbons (Fsp3) is 0.417. The number of hydrogen-bond donors (Lipinski definition) is 0. The fourth-order valence-corrected chi connectivity index (χ4v) is 5.83. The number of rotatable bonds is 2. The van der Waals surface area contributed by atoms with Gasteiger partial charge >= 0.3 is 0 Å². The molecule has 0 N–H and O–H groups in total. The molecule has 0 aromatic heterocycles. The van der Waals surface area contributed by atoms with Gasteiger partial charge in [0.25, 0.3) is 0 Å². The van der Waals surface area contributed by atoms with Gasteiger partial charge in [0.15, 0.2) is 0 Å². The van der Waals surface area contributed by atoms with Crippen molar-refractivity contribution in [3.63, 3.8) is 0 Å². The summed E-state index contributed by atoms with van der Waals surface area (Å²) in [4.78, 5) is 0. The molecular weight excluding hydrogens is 304 g/mol. The Morgan fingerprint density at radius 3 is 2.48 bits per heavy atom. The molecule has 5 rings (SSSR count). The van der Waals surface area contributed by atoms with E-state index in [0.29, 0.717) is 11.3 Å². The van der Waals surface area contributed by atoms with Gasteiger partial charge in [-0.15, -0.1) is 0 Å². The van der Waals surface area contributed by atoms with Crippen molar-refractivity contribution >= 4 is 5.57 Å². The largest absolute Gasteiger partial charge is 0.497 e. The highest BCUT2D eigenvalue weighted by atomic mass is 16.5. The monoisotopic (exact) mass is 330 g/mol. The fourth-order valence-electron chi connectivity index (χ4n) is 5.83. The highest BCUT2D eigenvalue weighted by molar-refractivity contribution is 5.70. The first-order chi connectivity index (χ1) is 12.3. The molecule has 0 saturated heterocycles. The molecule has 3 aliphatic rings. The summed E-state index contributed by atoms with van der Waals surface area (Å²) in [5.74, 6) is 2.35. The first kappa shape index (κ1) is 15.3. The van der Waals surface area contributed by atoms with Crippen molar-refractivity contribution in [2.75, 3.05) is 7.11 Å². The maximum atomic E-state index is 5.33. The molecule has 1 heteroatoms. The second-order valence-electron chi connectivity index (χ2n) is 8.20. The van der Waals surface area contributed by atoms with E-state index in [-0.39, 0.29) is 0 Å². The van der Waals surface area contributed by atoms with E-state index < -0.39 is 0 Å². The van der Waals surface area contributed by atoms with E-state index in [2.05, 4.69) is 54.6 Å². The first-order valence-electron chi connectivity index (χ1n) is 9.72. The van der Waals surface area contributed by atoms with E-state index in [1.54, 1.807) is 23.8 Å². The smallest absolute Gasteiger partial charge is 0.118 e. The molecule has 3 aliphatic carbocycles. The highest BCUT2D eigenvalue weighted by Gasteiger charge is 2.50. The van der Waals surface area contributed by atoms with E-state index >= 15 is 0 Å². The van der Waals surface area contributed by atoms with Crippen LogP contribution in [0.3, 0.4) is 0 Å². The zero-order valence-electron chi connectivity index (χ0n) is 15.0. The predicted molar refractivity (Wildman–Crippen MR) is 103 cm³/mol. The minimum Gasteiger partial charge on any atom is -0.497 e. The van der Waals surface area contributed by atoms with Gasteiger partial charge < -0.3 is 4.74 Å². The van der Waals surface area contributed by atoms with E-state index in [0.717, 1.165) is 11.7 Å². The van der Waals surface area contributed by atoms with Crippen molar-refractivity contribution in [1.82, 2.24) is 0 Å². The lowest BCUT2D eigenvalue weighted by molar-refractivity contribution is 0.167. The molecule has 25 heavy (non-hydrogen) atoms. The van der Waals surface area contributed by atoms with E-state index in [9.17, 15) is 0 Å². The Balaban J connectivity index is 1.56. The molecule has 1 fully saturated rings. The maximum absolute atomic E-state index is 5.33. The second kappa shape index (κ2) is 5.76. The Kier molecular flexibility index (Phi) is 3.51. The third-order valence-corrected chi connectivity index (χ3v) is 7.02. The maximum Gasteiger partial charge on any atom is 0.118 e. The van der Waals surface area contributed by atoms with E-state index in [1.165, 1.54) is 44.1 Å². The molecule has 0 amide bonds. The summed E-state index contributed by atoms with van der Waals surface area (Å²) in [6.07, 6.45) is 10.8. The third kappa shape index (κ3) is 2.36. The van der Waals surface area contributed by atoms with Gasteiger partial charge in [-0.1, -0.05) is 55.3 Å². The first-order valence-corrected chi connectivity index (χ1v) is 9.72. The highest BCUT2D eigenvalue weighted by Crippen LogP contribution is 2.60. The van der Waals surface area contributed by atoms with Gasteiger partial charge in [0.05, 0.1) is 7.11 Å². The van der Waals surface area contributed by atoms with Crippen LogP contribution in [0.5, 0.6) is 5.75 Å². The Bertz CT molecular complexity index is 808. The van der Waals surface area contributed by atoms with Crippen molar-refractivity contribution in [1.29, 1.82) is 0 Å². The molecule has 1 nitrogen and oxygen atoms in total. The van der Waals surface area contributed by atoms with Gasteiger partial charge in [-0.2, -0.15) is 0 Å². The molecule has 2 atom stereocenters. The summed E-state index contributed by atoms with van der Waals surface area (Å²) in [6, 6.07) is 17.9. The van der Waals surface area contributed by atoms with Crippen LogP contribution in [0.25, 0.3) is 5.57 Å². The van der Waals surface area contributed by atoms with Gasteiger partial charge in [-0.05, 0) is 77.3 Å². The topological polar surface area (TPSA) is 9.23 Å². The summed E-state index contributed by atoms with van der Waals surface area (Å²) < 4.78 is 5.33. The van der Waals surface area contributed by atoms with Gasteiger partial charge in [0.2, 0.25) is 0 Å². The van der Waals surface area contributed by atoms with Crippen molar-refractivity contribution in [2.45, 2.75) is 44.4 Å². The van der Waals surface area contributed by atoms with Crippen LogP contribution in [0.4, 0.5) is 0 Å². The molecular formula is C24H26O. The Labute approximate surface area is 150 Å². The predicted octanol–water partition coefficient (Wildman–Crippen LogP) is 6.00. The van der Waals surface area contributed by atoms with Crippen molar-refractivity contribution in [2.24, 2.45) is 11.3 Å². The quantitative estimate of drug-likeness (QED) is 0.656. The summed E-state index contributed by atoms with van der Waals surface area (Å²) in [6.45, 7) is 0. The lowest BCUT2D eigenvalue weighted by Gasteiger charge is -2.44. The summed E-state index contributed by atoms with van der Waals surface area (Å²) >= 11 is 0.